The van der Waals surface area contributed by atoms with Crippen LogP contribution in [0.15, 0.2) is 42.5 Å². The Morgan fingerprint density at radius 1 is 0.882 bits per heavy atom. The van der Waals surface area contributed by atoms with Crippen LogP contribution in [0.2, 0.25) is 0 Å². The number of carboxylic acid groups (broad SMARTS) is 3. The highest BCUT2D eigenvalue weighted by molar-refractivity contribution is 7.59. The Morgan fingerprint density at radius 2 is 1.47 bits per heavy atom. The van der Waals surface area contributed by atoms with Crippen LogP contribution in [0.3, 0.4) is 0 Å². The number of anilines is 2. The molecule has 0 aromatic heterocycles. The van der Waals surface area contributed by atoms with Crippen molar-refractivity contribution in [3.05, 3.63) is 59.2 Å². The van der Waals surface area contributed by atoms with Crippen molar-refractivity contribution in [1.29, 1.82) is 0 Å². The van der Waals surface area contributed by atoms with Crippen LogP contribution in [0.1, 0.15) is 52.5 Å². The van der Waals surface area contributed by atoms with Crippen molar-refractivity contribution < 1.29 is 43.6 Å². The number of benzene rings is 2. The zero-order chi connectivity index (χ0) is 25.3. The molecular weight excluding hydrogens is 467 g/mol. The number of carbonyl (C=O) groups is 4. The number of aliphatic carboxylic acids is 1. The van der Waals surface area contributed by atoms with Crippen molar-refractivity contribution in [3.8, 4) is 0 Å². The lowest BCUT2D eigenvalue weighted by atomic mass is 10.1. The first-order valence-corrected chi connectivity index (χ1v) is 12.1. The number of nitrogens with one attached hydrogen (secondary N) is 2. The van der Waals surface area contributed by atoms with Crippen LogP contribution in [0.4, 0.5) is 11.4 Å². The summed E-state index contributed by atoms with van der Waals surface area (Å²) in [6.07, 6.45) is 0.0865. The Labute approximate surface area is 195 Å². The second-order valence-corrected chi connectivity index (χ2v) is 9.41. The number of rotatable bonds is 13. The third-order valence-electron chi connectivity index (χ3n) is 4.49. The summed E-state index contributed by atoms with van der Waals surface area (Å²) in [6, 6.07) is 9.76. The molecule has 5 N–H and O–H groups in total. The summed E-state index contributed by atoms with van der Waals surface area (Å²) >= 11 is 0. The van der Waals surface area contributed by atoms with Crippen LogP contribution in [0, 0.1) is 0 Å². The van der Waals surface area contributed by atoms with E-state index in [1.807, 2.05) is 0 Å². The Morgan fingerprint density at radius 3 is 1.97 bits per heavy atom. The van der Waals surface area contributed by atoms with E-state index in [1.54, 1.807) is 31.2 Å². The van der Waals surface area contributed by atoms with Gasteiger partial charge in [0.1, 0.15) is 0 Å². The normalized spacial score (nSPS) is 12.4. The third-order valence-corrected chi connectivity index (χ3v) is 6.54. The second kappa shape index (κ2) is 12.0. The van der Waals surface area contributed by atoms with Crippen LogP contribution in [-0.4, -0.2) is 45.7 Å². The Kier molecular flexibility index (Phi) is 9.35. The molecule has 0 aliphatic rings. The van der Waals surface area contributed by atoms with E-state index >= 15 is 0 Å². The summed E-state index contributed by atoms with van der Waals surface area (Å²) < 4.78 is 18.8. The highest BCUT2D eigenvalue weighted by Gasteiger charge is 2.25. The molecule has 2 aromatic carbocycles. The van der Waals surface area contributed by atoms with Crippen molar-refractivity contribution in [2.75, 3.05) is 17.0 Å². The maximum atomic E-state index is 13.4. The standard InChI is InChI=1S/C22H25N2O9P/c1-2-33-34(32,24-18-11-15(21(28)29)10-16(12-18)22(30)31)13-14-6-8-17(9-7-14)23-19(25)4-3-5-20(26)27/h6-12H,2-5,13H2,1H3,(H,23,25)(H,24,32)(H,26,27)(H,28,29)(H,30,31). The number of carboxylic acids is 3. The molecule has 2 aromatic rings. The Hall–Kier alpha value is -3.69. The van der Waals surface area contributed by atoms with Crippen LogP contribution < -0.4 is 10.4 Å². The van der Waals surface area contributed by atoms with E-state index in [0.717, 1.165) is 6.07 Å². The lowest BCUT2D eigenvalue weighted by Crippen LogP contribution is -2.12. The first kappa shape index (κ1) is 26.6. The number of aromatic carboxylic acids is 2. The van der Waals surface area contributed by atoms with E-state index in [-0.39, 0.29) is 54.8 Å². The lowest BCUT2D eigenvalue weighted by molar-refractivity contribution is -0.137. The van der Waals surface area contributed by atoms with Crippen LogP contribution >= 0.6 is 7.52 Å². The molecule has 12 heteroatoms. The average molecular weight is 492 g/mol. The summed E-state index contributed by atoms with van der Waals surface area (Å²) in [5, 5.41) is 32.4. The van der Waals surface area contributed by atoms with E-state index in [1.165, 1.54) is 12.1 Å². The largest absolute Gasteiger partial charge is 0.481 e. The first-order chi connectivity index (χ1) is 16.0. The summed E-state index contributed by atoms with van der Waals surface area (Å²) in [6.45, 7) is 1.72. The molecule has 2 rings (SSSR count). The van der Waals surface area contributed by atoms with Gasteiger partial charge in [-0.2, -0.15) is 0 Å². The van der Waals surface area contributed by atoms with E-state index in [0.29, 0.717) is 11.3 Å². The van der Waals surface area contributed by atoms with E-state index < -0.39 is 25.4 Å². The minimum atomic E-state index is -3.61. The average Bonchev–Trinajstić information content (AvgIpc) is 2.74. The predicted molar refractivity (Wildman–Crippen MR) is 123 cm³/mol. The van der Waals surface area contributed by atoms with Gasteiger partial charge in [-0.3, -0.25) is 14.2 Å². The van der Waals surface area contributed by atoms with Gasteiger partial charge in [0.25, 0.3) is 7.52 Å². The Balaban J connectivity index is 2.14. The molecule has 0 aliphatic carbocycles. The van der Waals surface area contributed by atoms with Gasteiger partial charge in [-0.1, -0.05) is 12.1 Å². The maximum Gasteiger partial charge on any atom is 0.335 e. The first-order valence-electron chi connectivity index (χ1n) is 10.3. The lowest BCUT2D eigenvalue weighted by Gasteiger charge is -2.21. The number of carbonyl (C=O) groups excluding carboxylic acids is 1. The minimum absolute atomic E-state index is 0.0272. The molecule has 0 radical (unpaired) electrons. The van der Waals surface area contributed by atoms with Gasteiger partial charge >= 0.3 is 17.9 Å². The maximum absolute atomic E-state index is 13.4. The molecule has 182 valence electrons. The molecular formula is C22H25N2O9P. The molecule has 0 saturated heterocycles. The summed E-state index contributed by atoms with van der Waals surface area (Å²) in [5.74, 6) is -3.97. The van der Waals surface area contributed by atoms with Crippen LogP contribution in [0.5, 0.6) is 0 Å². The fourth-order valence-corrected chi connectivity index (χ4v) is 4.89. The molecule has 0 spiro atoms. The highest BCUT2D eigenvalue weighted by Crippen LogP contribution is 2.50. The van der Waals surface area contributed by atoms with Gasteiger partial charge in [0.05, 0.1) is 23.9 Å². The topological polar surface area (TPSA) is 179 Å². The van der Waals surface area contributed by atoms with Gasteiger partial charge in [-0.05, 0) is 49.2 Å². The zero-order valence-corrected chi connectivity index (χ0v) is 19.2. The van der Waals surface area contributed by atoms with Crippen molar-refractivity contribution in [3.63, 3.8) is 0 Å². The van der Waals surface area contributed by atoms with Crippen molar-refractivity contribution in [2.24, 2.45) is 0 Å². The van der Waals surface area contributed by atoms with Crippen molar-refractivity contribution >= 4 is 42.7 Å². The number of hydrogen-bond acceptors (Lipinski definition) is 6. The molecule has 1 amide bonds. The molecule has 1 unspecified atom stereocenters. The van der Waals surface area contributed by atoms with Gasteiger partial charge in [-0.15, -0.1) is 0 Å². The van der Waals surface area contributed by atoms with Crippen LogP contribution in [-0.2, 0) is 24.8 Å². The minimum Gasteiger partial charge on any atom is -0.481 e. The van der Waals surface area contributed by atoms with E-state index in [2.05, 4.69) is 10.4 Å². The van der Waals surface area contributed by atoms with Crippen molar-refractivity contribution in [2.45, 2.75) is 32.3 Å². The van der Waals surface area contributed by atoms with E-state index in [9.17, 15) is 34.0 Å². The van der Waals surface area contributed by atoms with E-state index in [4.69, 9.17) is 9.63 Å². The fraction of sp³-hybridized carbons (Fsp3) is 0.273. The molecule has 1 atom stereocenters. The zero-order valence-electron chi connectivity index (χ0n) is 18.3. The smallest absolute Gasteiger partial charge is 0.335 e. The van der Waals surface area contributed by atoms with Gasteiger partial charge in [0, 0.05) is 24.2 Å². The van der Waals surface area contributed by atoms with Crippen LogP contribution in [0.25, 0.3) is 0 Å². The van der Waals surface area contributed by atoms with Gasteiger partial charge in [-0.25, -0.2) is 9.59 Å². The predicted octanol–water partition coefficient (Wildman–Crippen LogP) is 4.12. The van der Waals surface area contributed by atoms with Gasteiger partial charge < -0.3 is 30.2 Å². The third kappa shape index (κ3) is 8.34. The molecule has 0 aliphatic heterocycles. The Bertz CT molecular complexity index is 1080. The molecule has 0 bridgehead atoms. The summed E-state index contributed by atoms with van der Waals surface area (Å²) in [7, 11) is -3.61. The molecule has 0 fully saturated rings. The number of amides is 1. The second-order valence-electron chi connectivity index (χ2n) is 7.26. The quantitative estimate of drug-likeness (QED) is 0.255. The number of hydrogen-bond donors (Lipinski definition) is 5. The van der Waals surface area contributed by atoms with Gasteiger partial charge in [0.2, 0.25) is 5.91 Å². The highest BCUT2D eigenvalue weighted by atomic mass is 31.2. The monoisotopic (exact) mass is 492 g/mol. The molecule has 11 nitrogen and oxygen atoms in total. The van der Waals surface area contributed by atoms with Gasteiger partial charge in [0.15, 0.2) is 0 Å². The fourth-order valence-electron chi connectivity index (χ4n) is 3.02. The summed E-state index contributed by atoms with van der Waals surface area (Å²) in [4.78, 5) is 45.1. The SMILES string of the molecule is CCOP(=O)(Cc1ccc(NC(=O)CCCC(=O)O)cc1)Nc1cc(C(=O)O)cc(C(=O)O)c1. The van der Waals surface area contributed by atoms with Crippen molar-refractivity contribution in [1.82, 2.24) is 0 Å². The molecule has 34 heavy (non-hydrogen) atoms. The molecule has 0 heterocycles. The summed E-state index contributed by atoms with van der Waals surface area (Å²) in [5.41, 5.74) is 0.520. The molecule has 0 saturated carbocycles.